The Hall–Kier alpha value is -4.95. The van der Waals surface area contributed by atoms with E-state index >= 15 is 0 Å². The predicted molar refractivity (Wildman–Crippen MR) is 128 cm³/mol. The van der Waals surface area contributed by atoms with Gasteiger partial charge in [0.1, 0.15) is 30.6 Å². The number of hydrogen-bond acceptors (Lipinski definition) is 7. The van der Waals surface area contributed by atoms with Crippen molar-refractivity contribution in [3.05, 3.63) is 82.2 Å². The standard InChI is InChI=1S/C25H21F4N3O8/c1-2-17(32-6-3-4-15(25(32)38)30-23(36)12-5-7-39-10-12)24(37)31-16(9-19(34)35)18(33)11-40-22-20(28)13(26)8-14(27)21(22)29/h3-8,10,16-17H,2,9,11H2,1H3,(H,30,36)(H,31,37)(H,34,35)/t16-,17-/m0/s1. The van der Waals surface area contributed by atoms with Crippen LogP contribution in [-0.4, -0.2) is 45.9 Å². The number of Topliss-reactive ketones (excluding diaryl/α,β-unsaturated/α-hetero) is 1. The van der Waals surface area contributed by atoms with Crippen LogP contribution in [0.4, 0.5) is 23.2 Å². The summed E-state index contributed by atoms with van der Waals surface area (Å²) in [5.74, 6) is -13.4. The van der Waals surface area contributed by atoms with Crippen LogP contribution in [0.5, 0.6) is 5.75 Å². The number of carboxylic acid groups (broad SMARTS) is 1. The molecule has 40 heavy (non-hydrogen) atoms. The molecule has 0 radical (unpaired) electrons. The number of carbonyl (C=O) groups is 4. The minimum Gasteiger partial charge on any atom is -0.481 e. The minimum absolute atomic E-state index is 0.0334. The molecule has 0 saturated carbocycles. The zero-order valence-electron chi connectivity index (χ0n) is 20.6. The predicted octanol–water partition coefficient (Wildman–Crippen LogP) is 2.81. The largest absolute Gasteiger partial charge is 0.481 e. The summed E-state index contributed by atoms with van der Waals surface area (Å²) in [6.45, 7) is 0.246. The monoisotopic (exact) mass is 567 g/mol. The molecule has 212 valence electrons. The minimum atomic E-state index is -1.92. The van der Waals surface area contributed by atoms with Gasteiger partial charge in [-0.15, -0.1) is 0 Å². The van der Waals surface area contributed by atoms with Gasteiger partial charge in [-0.1, -0.05) is 6.92 Å². The lowest BCUT2D eigenvalue weighted by Crippen LogP contribution is -2.48. The van der Waals surface area contributed by atoms with Crippen LogP contribution in [0.1, 0.15) is 36.2 Å². The summed E-state index contributed by atoms with van der Waals surface area (Å²) >= 11 is 0. The zero-order valence-corrected chi connectivity index (χ0v) is 20.6. The van der Waals surface area contributed by atoms with Crippen molar-refractivity contribution in [2.24, 2.45) is 0 Å². The quantitative estimate of drug-likeness (QED) is 0.223. The number of amides is 2. The van der Waals surface area contributed by atoms with Crippen LogP contribution >= 0.6 is 0 Å². The Morgan fingerprint density at radius 1 is 1.10 bits per heavy atom. The zero-order chi connectivity index (χ0) is 29.6. The molecule has 1 aromatic carbocycles. The van der Waals surface area contributed by atoms with Crippen molar-refractivity contribution in [2.75, 3.05) is 11.9 Å². The third kappa shape index (κ3) is 6.73. The van der Waals surface area contributed by atoms with Crippen LogP contribution in [0.3, 0.4) is 0 Å². The van der Waals surface area contributed by atoms with E-state index in [0.29, 0.717) is 0 Å². The van der Waals surface area contributed by atoms with Gasteiger partial charge in [0, 0.05) is 12.3 Å². The molecule has 0 fully saturated rings. The van der Waals surface area contributed by atoms with Gasteiger partial charge >= 0.3 is 5.97 Å². The van der Waals surface area contributed by atoms with Crippen molar-refractivity contribution < 1.29 is 51.0 Å². The number of aromatic nitrogens is 1. The molecule has 0 aliphatic carbocycles. The number of pyridine rings is 1. The Morgan fingerprint density at radius 2 is 1.77 bits per heavy atom. The maximum Gasteiger partial charge on any atom is 0.305 e. The van der Waals surface area contributed by atoms with Crippen LogP contribution < -0.4 is 20.9 Å². The Morgan fingerprint density at radius 3 is 2.35 bits per heavy atom. The molecule has 0 saturated heterocycles. The van der Waals surface area contributed by atoms with E-state index in [-0.39, 0.29) is 23.7 Å². The third-order valence-electron chi connectivity index (χ3n) is 5.55. The smallest absolute Gasteiger partial charge is 0.305 e. The van der Waals surface area contributed by atoms with E-state index in [1.807, 2.05) is 0 Å². The Bertz CT molecular complexity index is 1460. The van der Waals surface area contributed by atoms with Gasteiger partial charge in [-0.2, -0.15) is 8.78 Å². The number of carboxylic acids is 1. The number of ether oxygens (including phenoxy) is 1. The second-order valence-electron chi connectivity index (χ2n) is 8.24. The fourth-order valence-corrected chi connectivity index (χ4v) is 3.56. The van der Waals surface area contributed by atoms with Crippen molar-refractivity contribution in [3.63, 3.8) is 0 Å². The van der Waals surface area contributed by atoms with E-state index in [1.165, 1.54) is 37.6 Å². The fourth-order valence-electron chi connectivity index (χ4n) is 3.56. The molecule has 0 bridgehead atoms. The van der Waals surface area contributed by atoms with Crippen LogP contribution in [0.25, 0.3) is 0 Å². The molecule has 2 heterocycles. The number of furan rings is 1. The number of nitrogens with zero attached hydrogens (tertiary/aromatic N) is 1. The number of benzene rings is 1. The summed E-state index contributed by atoms with van der Waals surface area (Å²) in [5, 5.41) is 13.7. The van der Waals surface area contributed by atoms with Crippen molar-refractivity contribution in [3.8, 4) is 5.75 Å². The Kier molecular flexibility index (Phi) is 9.42. The lowest BCUT2D eigenvalue weighted by molar-refractivity contribution is -0.140. The first-order valence-corrected chi connectivity index (χ1v) is 11.5. The molecule has 15 heteroatoms. The molecular weight excluding hydrogens is 546 g/mol. The average Bonchev–Trinajstić information content (AvgIpc) is 3.44. The maximum atomic E-state index is 13.8. The fraction of sp³-hybridized carbons (Fsp3) is 0.240. The first-order valence-electron chi connectivity index (χ1n) is 11.5. The Balaban J connectivity index is 1.79. The summed E-state index contributed by atoms with van der Waals surface area (Å²) in [4.78, 5) is 62.2. The molecule has 2 amide bonds. The average molecular weight is 567 g/mol. The number of ketones is 1. The molecule has 3 N–H and O–H groups in total. The van der Waals surface area contributed by atoms with Gasteiger partial charge in [-0.25, -0.2) is 8.78 Å². The molecule has 11 nitrogen and oxygen atoms in total. The van der Waals surface area contributed by atoms with Crippen LogP contribution in [0, 0.1) is 23.3 Å². The van der Waals surface area contributed by atoms with Gasteiger partial charge in [0.2, 0.25) is 17.5 Å². The van der Waals surface area contributed by atoms with E-state index in [1.54, 1.807) is 0 Å². The number of rotatable bonds is 12. The molecule has 2 atom stereocenters. The molecular formula is C25H21F4N3O8. The number of nitrogens with one attached hydrogen (secondary N) is 2. The molecule has 3 aromatic rings. The summed E-state index contributed by atoms with van der Waals surface area (Å²) in [6, 6.07) is 0.812. The third-order valence-corrected chi connectivity index (χ3v) is 5.55. The molecule has 3 rings (SSSR count). The lowest BCUT2D eigenvalue weighted by Gasteiger charge is -2.22. The summed E-state index contributed by atoms with van der Waals surface area (Å²) < 4.78 is 64.8. The molecule has 0 aliphatic rings. The van der Waals surface area contributed by atoms with E-state index in [4.69, 9.17) is 4.42 Å². The first-order chi connectivity index (χ1) is 18.9. The summed E-state index contributed by atoms with van der Waals surface area (Å²) in [7, 11) is 0. The number of aliphatic carboxylic acids is 1. The highest BCUT2D eigenvalue weighted by molar-refractivity contribution is 6.03. The van der Waals surface area contributed by atoms with Gasteiger partial charge in [0.05, 0.1) is 18.2 Å². The molecule has 0 aliphatic heterocycles. The second kappa shape index (κ2) is 12.7. The molecule has 2 aromatic heterocycles. The SMILES string of the molecule is CC[C@@H](C(=O)N[C@@H](CC(=O)O)C(=O)COc1c(F)c(F)cc(F)c1F)n1cccc(NC(=O)c2ccoc2)c1=O. The van der Waals surface area contributed by atoms with Gasteiger partial charge in [0.25, 0.3) is 11.5 Å². The van der Waals surface area contributed by atoms with Gasteiger partial charge < -0.3 is 29.5 Å². The molecule has 0 unspecified atom stereocenters. The maximum absolute atomic E-state index is 13.8. The number of hydrogen-bond donors (Lipinski definition) is 3. The highest BCUT2D eigenvalue weighted by atomic mass is 19.2. The van der Waals surface area contributed by atoms with E-state index < -0.39 is 83.3 Å². The second-order valence-corrected chi connectivity index (χ2v) is 8.24. The van der Waals surface area contributed by atoms with Crippen LogP contribution in [0.2, 0.25) is 0 Å². The topological polar surface area (TPSA) is 157 Å². The molecule has 0 spiro atoms. The summed E-state index contributed by atoms with van der Waals surface area (Å²) in [6.07, 6.45) is 2.59. The van der Waals surface area contributed by atoms with Gasteiger partial charge in [0.15, 0.2) is 23.2 Å². The van der Waals surface area contributed by atoms with E-state index in [9.17, 15) is 46.6 Å². The van der Waals surface area contributed by atoms with Crippen LogP contribution in [0.15, 0.2) is 52.2 Å². The van der Waals surface area contributed by atoms with Gasteiger partial charge in [-0.3, -0.25) is 24.0 Å². The van der Waals surface area contributed by atoms with Crippen LogP contribution in [-0.2, 0) is 14.4 Å². The van der Waals surface area contributed by atoms with Crippen molar-refractivity contribution in [2.45, 2.75) is 31.8 Å². The number of halogens is 4. The van der Waals surface area contributed by atoms with Crippen molar-refractivity contribution >= 4 is 29.3 Å². The van der Waals surface area contributed by atoms with Crippen molar-refractivity contribution in [1.82, 2.24) is 9.88 Å². The van der Waals surface area contributed by atoms with Gasteiger partial charge in [-0.05, 0) is 24.6 Å². The van der Waals surface area contributed by atoms with E-state index in [2.05, 4.69) is 15.4 Å². The number of anilines is 1. The lowest BCUT2D eigenvalue weighted by atomic mass is 10.1. The normalized spacial score (nSPS) is 12.3. The number of carbonyl (C=O) groups excluding carboxylic acids is 3. The highest BCUT2D eigenvalue weighted by Gasteiger charge is 2.30. The Labute approximate surface area is 222 Å². The van der Waals surface area contributed by atoms with Crippen molar-refractivity contribution in [1.29, 1.82) is 0 Å². The van der Waals surface area contributed by atoms with E-state index in [0.717, 1.165) is 10.8 Å². The first kappa shape index (κ1) is 29.6. The highest BCUT2D eigenvalue weighted by Crippen LogP contribution is 2.26. The summed E-state index contributed by atoms with van der Waals surface area (Å²) in [5.41, 5.74) is -0.875.